The van der Waals surface area contributed by atoms with Gasteiger partial charge in [0.1, 0.15) is 24.5 Å². The Bertz CT molecular complexity index is 703. The van der Waals surface area contributed by atoms with Gasteiger partial charge in [0.05, 0.1) is 12.8 Å². The van der Waals surface area contributed by atoms with Gasteiger partial charge in [-0.3, -0.25) is 9.69 Å². The molecule has 2 rings (SSSR count). The van der Waals surface area contributed by atoms with Gasteiger partial charge in [0.25, 0.3) is 0 Å². The highest BCUT2D eigenvalue weighted by Gasteiger charge is 2.49. The van der Waals surface area contributed by atoms with Crippen molar-refractivity contribution in [3.05, 3.63) is 23.0 Å². The maximum absolute atomic E-state index is 12.8. The summed E-state index contributed by atoms with van der Waals surface area (Å²) in [5.41, 5.74) is 15.0. The van der Waals surface area contributed by atoms with E-state index in [1.54, 1.807) is 14.2 Å². The Morgan fingerprint density at radius 2 is 1.97 bits per heavy atom. The normalized spacial score (nSPS) is 28.2. The smallest absolute Gasteiger partial charge is 0.323 e. The zero-order valence-corrected chi connectivity index (χ0v) is 21.1. The van der Waals surface area contributed by atoms with Crippen molar-refractivity contribution in [1.82, 2.24) is 4.90 Å². The minimum absolute atomic E-state index is 0.0312. The molecule has 0 saturated carbocycles. The van der Waals surface area contributed by atoms with Gasteiger partial charge in [-0.05, 0) is 48.3 Å². The predicted octanol–water partition coefficient (Wildman–Crippen LogP) is 3.19. The first-order valence-corrected chi connectivity index (χ1v) is 12.0. The number of hydrogen-bond acceptors (Lipinski definition) is 7. The van der Waals surface area contributed by atoms with Crippen LogP contribution in [0.4, 0.5) is 0 Å². The molecule has 0 aromatic heterocycles. The molecule has 184 valence electrons. The molecule has 4 N–H and O–H groups in total. The van der Waals surface area contributed by atoms with Crippen molar-refractivity contribution >= 4 is 5.97 Å². The number of methoxy groups -OCH3 is 2. The van der Waals surface area contributed by atoms with Crippen molar-refractivity contribution in [2.45, 2.75) is 78.1 Å². The van der Waals surface area contributed by atoms with Crippen molar-refractivity contribution in [3.63, 3.8) is 0 Å². The van der Waals surface area contributed by atoms with Crippen molar-refractivity contribution in [1.29, 1.82) is 0 Å². The highest BCUT2D eigenvalue weighted by Crippen LogP contribution is 2.42. The van der Waals surface area contributed by atoms with E-state index in [9.17, 15) is 4.79 Å². The zero-order chi connectivity index (χ0) is 24.1. The van der Waals surface area contributed by atoms with E-state index in [0.717, 1.165) is 38.1 Å². The second-order valence-corrected chi connectivity index (χ2v) is 10.1. The summed E-state index contributed by atoms with van der Waals surface area (Å²) in [5.74, 6) is 1.24. The molecule has 2 aliphatic rings. The molecular weight excluding hydrogens is 406 g/mol. The van der Waals surface area contributed by atoms with Gasteiger partial charge in [0.2, 0.25) is 0 Å². The van der Waals surface area contributed by atoms with Crippen LogP contribution >= 0.6 is 0 Å². The summed E-state index contributed by atoms with van der Waals surface area (Å²) >= 11 is 0. The molecule has 2 aliphatic heterocycles. The van der Waals surface area contributed by atoms with Crippen LogP contribution in [0.2, 0.25) is 0 Å². The van der Waals surface area contributed by atoms with E-state index in [1.807, 2.05) is 13.8 Å². The van der Waals surface area contributed by atoms with E-state index in [0.29, 0.717) is 18.9 Å². The first-order chi connectivity index (χ1) is 15.1. The van der Waals surface area contributed by atoms with Gasteiger partial charge >= 0.3 is 5.97 Å². The quantitative estimate of drug-likeness (QED) is 0.389. The van der Waals surface area contributed by atoms with Crippen LogP contribution in [-0.2, 0) is 19.0 Å². The third-order valence-electron chi connectivity index (χ3n) is 6.89. The number of ether oxygens (including phenoxy) is 3. The Kier molecular flexibility index (Phi) is 9.76. The molecule has 1 unspecified atom stereocenters. The molecule has 4 atom stereocenters. The fourth-order valence-electron chi connectivity index (χ4n) is 5.11. The maximum Gasteiger partial charge on any atom is 0.323 e. The average Bonchev–Trinajstić information content (AvgIpc) is 2.72. The minimum Gasteiger partial charge on any atom is -0.499 e. The number of hydrogen-bond donors (Lipinski definition) is 2. The summed E-state index contributed by atoms with van der Waals surface area (Å²) in [7, 11) is 3.32. The fourth-order valence-corrected chi connectivity index (χ4v) is 5.11. The third kappa shape index (κ3) is 6.13. The van der Waals surface area contributed by atoms with Crippen molar-refractivity contribution in [2.75, 3.05) is 33.9 Å². The van der Waals surface area contributed by atoms with Crippen LogP contribution in [-0.4, -0.2) is 62.6 Å². The number of carbonyl (C=O) groups excluding carboxylic acids is 1. The maximum atomic E-state index is 12.8. The Labute approximate surface area is 194 Å². The highest BCUT2D eigenvalue weighted by molar-refractivity contribution is 5.76. The molecule has 7 heteroatoms. The molecule has 0 aliphatic carbocycles. The molecular formula is C25H45N3O4. The molecule has 2 heterocycles. The molecule has 0 radical (unpaired) electrons. The molecule has 0 aromatic rings. The number of allylic oxidation sites excluding steroid dienone is 1. The van der Waals surface area contributed by atoms with Crippen LogP contribution in [0.3, 0.4) is 0 Å². The van der Waals surface area contributed by atoms with Crippen LogP contribution < -0.4 is 11.5 Å². The van der Waals surface area contributed by atoms with Crippen LogP contribution in [0, 0.1) is 17.8 Å². The lowest BCUT2D eigenvalue weighted by atomic mass is 9.74. The molecule has 0 bridgehead atoms. The summed E-state index contributed by atoms with van der Waals surface area (Å²) in [6, 6.07) is -0.620. The second-order valence-electron chi connectivity index (χ2n) is 10.1. The van der Waals surface area contributed by atoms with Gasteiger partial charge in [0, 0.05) is 32.5 Å². The van der Waals surface area contributed by atoms with E-state index in [-0.39, 0.29) is 23.9 Å². The molecule has 1 fully saturated rings. The molecule has 0 amide bonds. The minimum atomic E-state index is -0.648. The Morgan fingerprint density at radius 3 is 2.50 bits per heavy atom. The Hall–Kier alpha value is -1.41. The van der Waals surface area contributed by atoms with Crippen molar-refractivity contribution in [3.8, 4) is 0 Å². The van der Waals surface area contributed by atoms with Crippen LogP contribution in [0.5, 0.6) is 0 Å². The van der Waals surface area contributed by atoms with Crippen LogP contribution in [0.15, 0.2) is 23.0 Å². The van der Waals surface area contributed by atoms with E-state index in [4.69, 9.17) is 25.7 Å². The number of rotatable bonds is 10. The summed E-state index contributed by atoms with van der Waals surface area (Å²) in [5, 5.41) is 0. The summed E-state index contributed by atoms with van der Waals surface area (Å²) in [6.07, 6.45) is 5.13. The Balaban J connectivity index is 2.40. The van der Waals surface area contributed by atoms with E-state index < -0.39 is 11.7 Å². The van der Waals surface area contributed by atoms with Crippen molar-refractivity contribution < 1.29 is 19.0 Å². The average molecular weight is 452 g/mol. The molecule has 32 heavy (non-hydrogen) atoms. The third-order valence-corrected chi connectivity index (χ3v) is 6.89. The van der Waals surface area contributed by atoms with Crippen molar-refractivity contribution in [2.24, 2.45) is 29.2 Å². The number of carbonyl (C=O) groups is 1. The lowest BCUT2D eigenvalue weighted by Gasteiger charge is -2.54. The highest BCUT2D eigenvalue weighted by atomic mass is 16.5. The van der Waals surface area contributed by atoms with Gasteiger partial charge in [-0.1, -0.05) is 34.6 Å². The summed E-state index contributed by atoms with van der Waals surface area (Å²) < 4.78 is 16.8. The number of nitrogens with two attached hydrogens (primary N) is 2. The van der Waals surface area contributed by atoms with Crippen LogP contribution in [0.1, 0.15) is 60.3 Å². The lowest BCUT2D eigenvalue weighted by Crippen LogP contribution is -2.67. The molecule has 7 nitrogen and oxygen atoms in total. The standard InChI is InChI=1S/C25H45N3O4/c1-8-21-18(12-20(31-7)15-30-6)9-10-28-14-19(11-16(2)3)22(13-25(21,28)27)32-24(29)23(26)17(4)5/h12,16-17,19,22-23H,8-11,13-15,26-27H2,1-7H3/b20-12+/t19-,22-,23+,25?/m1/s1. The van der Waals surface area contributed by atoms with Gasteiger partial charge in [-0.25, -0.2) is 0 Å². The van der Waals surface area contributed by atoms with Gasteiger partial charge in [0.15, 0.2) is 0 Å². The van der Waals surface area contributed by atoms with Gasteiger partial charge < -0.3 is 25.7 Å². The van der Waals surface area contributed by atoms with E-state index in [1.165, 1.54) is 11.1 Å². The number of esters is 1. The SMILES string of the molecule is CCC1=C(/C=C(\COC)OC)CCN2C[C@@H](CC(C)C)[C@H](OC(=O)[C@@H](N)C(C)C)CC12N. The van der Waals surface area contributed by atoms with Gasteiger partial charge in [-0.2, -0.15) is 0 Å². The number of fused-ring (bicyclic) bond motifs is 1. The first-order valence-electron chi connectivity index (χ1n) is 12.0. The zero-order valence-electron chi connectivity index (χ0n) is 21.1. The second kappa shape index (κ2) is 11.6. The number of nitrogens with zero attached hydrogens (tertiary/aromatic N) is 1. The van der Waals surface area contributed by atoms with Gasteiger partial charge in [-0.15, -0.1) is 0 Å². The number of piperidine rings is 1. The molecule has 0 aromatic carbocycles. The Morgan fingerprint density at radius 1 is 1.28 bits per heavy atom. The summed E-state index contributed by atoms with van der Waals surface area (Å²) in [6.45, 7) is 12.5. The van der Waals surface area contributed by atoms with E-state index in [2.05, 4.69) is 31.7 Å². The topological polar surface area (TPSA) is 100 Å². The lowest BCUT2D eigenvalue weighted by molar-refractivity contribution is -0.162. The van der Waals surface area contributed by atoms with E-state index >= 15 is 0 Å². The predicted molar refractivity (Wildman–Crippen MR) is 128 cm³/mol. The van der Waals surface area contributed by atoms with Crippen LogP contribution in [0.25, 0.3) is 0 Å². The fraction of sp³-hybridized carbons (Fsp3) is 0.800. The summed E-state index contributed by atoms with van der Waals surface area (Å²) in [4.78, 5) is 15.2. The monoisotopic (exact) mass is 451 g/mol. The molecule has 0 spiro atoms. The first kappa shape index (κ1) is 26.8. The largest absolute Gasteiger partial charge is 0.499 e. The molecule has 1 saturated heterocycles.